The third-order valence-electron chi connectivity index (χ3n) is 9.50. The van der Waals surface area contributed by atoms with Gasteiger partial charge in [0.1, 0.15) is 0 Å². The summed E-state index contributed by atoms with van der Waals surface area (Å²) in [6, 6.07) is 0. The summed E-state index contributed by atoms with van der Waals surface area (Å²) in [7, 11) is 0. The Morgan fingerprint density at radius 1 is 0.302 bits per heavy atom. The van der Waals surface area contributed by atoms with E-state index >= 15 is 0 Å². The average molecular weight is 607 g/mol. The first-order valence-electron chi connectivity index (χ1n) is 20.5. The Balaban J connectivity index is 3.07. The normalized spacial score (nSPS) is 11.4. The lowest BCUT2D eigenvalue weighted by Gasteiger charge is -2.05. The van der Waals surface area contributed by atoms with Crippen molar-refractivity contribution < 1.29 is 9.53 Å². The van der Waals surface area contributed by atoms with Gasteiger partial charge < -0.3 is 4.74 Å². The van der Waals surface area contributed by atoms with Crippen molar-refractivity contribution in [2.75, 3.05) is 6.61 Å². The molecule has 0 N–H and O–H groups in total. The van der Waals surface area contributed by atoms with E-state index in [2.05, 4.69) is 13.8 Å². The monoisotopic (exact) mass is 607 g/mol. The number of carbonyl (C=O) groups is 1. The molecule has 0 fully saturated rings. The van der Waals surface area contributed by atoms with Crippen molar-refractivity contribution in [3.63, 3.8) is 0 Å². The van der Waals surface area contributed by atoms with Gasteiger partial charge in [0.2, 0.25) is 0 Å². The van der Waals surface area contributed by atoms with E-state index in [1.165, 1.54) is 212 Å². The molecule has 0 aromatic rings. The van der Waals surface area contributed by atoms with Crippen LogP contribution in [0.2, 0.25) is 0 Å². The number of unbranched alkanes of at least 4 members (excludes halogenated alkanes) is 34. The predicted molar refractivity (Wildman–Crippen MR) is 193 cm³/mol. The van der Waals surface area contributed by atoms with Crippen LogP contribution >= 0.6 is 0 Å². The Bertz CT molecular complexity index is 502. The van der Waals surface area contributed by atoms with Crippen LogP contribution in [0.4, 0.5) is 0 Å². The number of hydrogen-bond donors (Lipinski definition) is 0. The first-order valence-corrected chi connectivity index (χ1v) is 20.5. The van der Waals surface area contributed by atoms with E-state index in [-0.39, 0.29) is 5.97 Å². The van der Waals surface area contributed by atoms with Crippen LogP contribution in [0.1, 0.15) is 251 Å². The van der Waals surface area contributed by atoms with Gasteiger partial charge in [-0.3, -0.25) is 4.79 Å². The molecule has 0 rings (SSSR count). The number of hydrogen-bond acceptors (Lipinski definition) is 2. The summed E-state index contributed by atoms with van der Waals surface area (Å²) in [5.74, 6) is 0.0110. The molecular formula is C41H82O2. The Morgan fingerprint density at radius 3 is 0.767 bits per heavy atom. The van der Waals surface area contributed by atoms with Crippen LogP contribution in [0.3, 0.4) is 0 Å². The van der Waals surface area contributed by atoms with Crippen LogP contribution < -0.4 is 0 Å². The van der Waals surface area contributed by atoms with E-state index in [0.29, 0.717) is 13.0 Å². The first-order chi connectivity index (χ1) is 21.3. The molecule has 0 unspecified atom stereocenters. The van der Waals surface area contributed by atoms with Crippen molar-refractivity contribution in [3.05, 3.63) is 0 Å². The van der Waals surface area contributed by atoms with Gasteiger partial charge in [0.15, 0.2) is 0 Å². The van der Waals surface area contributed by atoms with Crippen molar-refractivity contribution in [2.24, 2.45) is 0 Å². The highest BCUT2D eigenvalue weighted by atomic mass is 16.5. The van der Waals surface area contributed by atoms with Gasteiger partial charge in [0, 0.05) is 6.42 Å². The maximum absolute atomic E-state index is 11.7. The molecule has 0 bridgehead atoms. The highest BCUT2D eigenvalue weighted by Gasteiger charge is 2.02. The lowest BCUT2D eigenvalue weighted by Crippen LogP contribution is -2.05. The van der Waals surface area contributed by atoms with Crippen molar-refractivity contribution in [1.82, 2.24) is 0 Å². The SMILES string of the molecule is CCCCCCCCCCCCCCCCCCCCCCCCCCCCCCCCCCOC(=O)CCCCCC. The molecule has 0 aliphatic heterocycles. The fourth-order valence-electron chi connectivity index (χ4n) is 6.43. The zero-order chi connectivity index (χ0) is 31.2. The summed E-state index contributed by atoms with van der Waals surface area (Å²) in [5.41, 5.74) is 0. The quantitative estimate of drug-likeness (QED) is 0.0516. The molecule has 0 saturated carbocycles. The summed E-state index contributed by atoms with van der Waals surface area (Å²) in [6.07, 6.45) is 51.0. The minimum Gasteiger partial charge on any atom is -0.466 e. The smallest absolute Gasteiger partial charge is 0.305 e. The highest BCUT2D eigenvalue weighted by molar-refractivity contribution is 5.69. The van der Waals surface area contributed by atoms with Crippen molar-refractivity contribution >= 4 is 5.97 Å². The second kappa shape index (κ2) is 39.5. The van der Waals surface area contributed by atoms with Crippen LogP contribution in [0.5, 0.6) is 0 Å². The Kier molecular flexibility index (Phi) is 39.0. The number of carbonyl (C=O) groups excluding carboxylic acids is 1. The maximum atomic E-state index is 11.7. The summed E-state index contributed by atoms with van der Waals surface area (Å²) < 4.78 is 5.35. The van der Waals surface area contributed by atoms with E-state index in [0.717, 1.165) is 19.3 Å². The van der Waals surface area contributed by atoms with Gasteiger partial charge in [-0.05, 0) is 12.8 Å². The molecule has 2 heteroatoms. The van der Waals surface area contributed by atoms with Crippen LogP contribution in [0, 0.1) is 0 Å². The fraction of sp³-hybridized carbons (Fsp3) is 0.976. The highest BCUT2D eigenvalue weighted by Crippen LogP contribution is 2.17. The second-order valence-corrected chi connectivity index (χ2v) is 14.0. The van der Waals surface area contributed by atoms with Crippen molar-refractivity contribution in [2.45, 2.75) is 251 Å². The van der Waals surface area contributed by atoms with Crippen LogP contribution in [0.25, 0.3) is 0 Å². The van der Waals surface area contributed by atoms with E-state index < -0.39 is 0 Å². The largest absolute Gasteiger partial charge is 0.466 e. The van der Waals surface area contributed by atoms with Crippen LogP contribution in [-0.4, -0.2) is 12.6 Å². The molecule has 0 atom stereocenters. The third-order valence-corrected chi connectivity index (χ3v) is 9.50. The zero-order valence-corrected chi connectivity index (χ0v) is 30.2. The number of rotatable bonds is 38. The Hall–Kier alpha value is -0.530. The maximum Gasteiger partial charge on any atom is 0.305 e. The Morgan fingerprint density at radius 2 is 0.512 bits per heavy atom. The van der Waals surface area contributed by atoms with E-state index in [1.54, 1.807) is 0 Å². The first kappa shape index (κ1) is 42.5. The van der Waals surface area contributed by atoms with Gasteiger partial charge >= 0.3 is 5.97 Å². The molecule has 0 heterocycles. The van der Waals surface area contributed by atoms with Gasteiger partial charge in [-0.25, -0.2) is 0 Å². The molecule has 0 saturated heterocycles. The second-order valence-electron chi connectivity index (χ2n) is 14.0. The minimum absolute atomic E-state index is 0.0110. The van der Waals surface area contributed by atoms with Crippen molar-refractivity contribution in [1.29, 1.82) is 0 Å². The zero-order valence-electron chi connectivity index (χ0n) is 30.2. The molecule has 0 radical (unpaired) electrons. The molecule has 0 aromatic carbocycles. The fourth-order valence-corrected chi connectivity index (χ4v) is 6.43. The minimum atomic E-state index is 0.0110. The topological polar surface area (TPSA) is 26.3 Å². The molecule has 2 nitrogen and oxygen atoms in total. The summed E-state index contributed by atoms with van der Waals surface area (Å²) in [5, 5.41) is 0. The number of esters is 1. The van der Waals surface area contributed by atoms with Crippen LogP contribution in [-0.2, 0) is 9.53 Å². The molecule has 0 amide bonds. The average Bonchev–Trinajstić information content (AvgIpc) is 3.01. The van der Waals surface area contributed by atoms with Gasteiger partial charge in [0.05, 0.1) is 6.61 Å². The molecule has 258 valence electrons. The standard InChI is InChI=1S/C41H82O2/c1-3-5-7-9-10-11-12-13-14-15-16-17-18-19-20-21-22-23-24-25-26-27-28-29-30-31-32-33-34-35-36-38-40-43-41(42)39-37-8-6-4-2/h3-40H2,1-2H3. The molecule has 0 aliphatic carbocycles. The summed E-state index contributed by atoms with van der Waals surface area (Å²) in [4.78, 5) is 11.7. The number of ether oxygens (including phenoxy) is 1. The van der Waals surface area contributed by atoms with E-state index in [9.17, 15) is 4.79 Å². The van der Waals surface area contributed by atoms with Gasteiger partial charge in [-0.15, -0.1) is 0 Å². The third kappa shape index (κ3) is 39.4. The predicted octanol–water partition coefficient (Wildman–Crippen LogP) is 15.0. The van der Waals surface area contributed by atoms with Gasteiger partial charge in [0.25, 0.3) is 0 Å². The lowest BCUT2D eigenvalue weighted by molar-refractivity contribution is -0.143. The summed E-state index contributed by atoms with van der Waals surface area (Å²) >= 11 is 0. The molecular weight excluding hydrogens is 524 g/mol. The Labute approximate surface area is 273 Å². The van der Waals surface area contributed by atoms with Crippen molar-refractivity contribution in [3.8, 4) is 0 Å². The van der Waals surface area contributed by atoms with Gasteiger partial charge in [-0.2, -0.15) is 0 Å². The molecule has 0 aliphatic rings. The molecule has 0 spiro atoms. The van der Waals surface area contributed by atoms with Gasteiger partial charge in [-0.1, -0.05) is 232 Å². The van der Waals surface area contributed by atoms with E-state index in [1.807, 2.05) is 0 Å². The van der Waals surface area contributed by atoms with E-state index in [4.69, 9.17) is 4.74 Å². The molecule has 0 aromatic heterocycles. The lowest BCUT2D eigenvalue weighted by atomic mass is 10.0. The molecule has 43 heavy (non-hydrogen) atoms. The van der Waals surface area contributed by atoms with Crippen LogP contribution in [0.15, 0.2) is 0 Å². The summed E-state index contributed by atoms with van der Waals surface area (Å²) in [6.45, 7) is 5.13.